The molecular formula is C24H25N3O7. The predicted octanol–water partition coefficient (Wildman–Crippen LogP) is 4.81. The molecule has 3 rings (SSSR count). The third-order valence-corrected chi connectivity index (χ3v) is 4.52. The van der Waals surface area contributed by atoms with Crippen LogP contribution in [0.25, 0.3) is 11.3 Å². The summed E-state index contributed by atoms with van der Waals surface area (Å²) in [5.74, 6) is 1.69. The van der Waals surface area contributed by atoms with E-state index < -0.39 is 10.8 Å². The van der Waals surface area contributed by atoms with Gasteiger partial charge in [-0.3, -0.25) is 14.9 Å². The summed E-state index contributed by atoms with van der Waals surface area (Å²) in [6, 6.07) is 12.5. The van der Waals surface area contributed by atoms with E-state index in [0.29, 0.717) is 59.7 Å². The molecule has 1 heterocycles. The number of nitrogens with one attached hydrogen (secondary N) is 1. The lowest BCUT2D eigenvalue weighted by Gasteiger charge is -2.16. The van der Waals surface area contributed by atoms with Gasteiger partial charge in [0.15, 0.2) is 11.5 Å². The van der Waals surface area contributed by atoms with E-state index in [1.54, 1.807) is 36.4 Å². The number of nitrogens with zero attached hydrogens (tertiary/aromatic N) is 2. The Morgan fingerprint density at radius 2 is 1.62 bits per heavy atom. The van der Waals surface area contributed by atoms with Gasteiger partial charge in [-0.05, 0) is 57.2 Å². The molecule has 0 atom stereocenters. The van der Waals surface area contributed by atoms with E-state index in [0.717, 1.165) is 0 Å². The van der Waals surface area contributed by atoms with Crippen LogP contribution in [-0.2, 0) is 0 Å². The van der Waals surface area contributed by atoms with Crippen LogP contribution in [0, 0.1) is 10.1 Å². The molecule has 0 fully saturated rings. The number of hydrogen-bond donors (Lipinski definition) is 1. The first-order chi connectivity index (χ1) is 16.5. The van der Waals surface area contributed by atoms with Gasteiger partial charge in [-0.15, -0.1) is 0 Å². The fourth-order valence-corrected chi connectivity index (χ4v) is 3.06. The summed E-state index contributed by atoms with van der Waals surface area (Å²) >= 11 is 0. The third-order valence-electron chi connectivity index (χ3n) is 4.52. The van der Waals surface area contributed by atoms with E-state index in [4.69, 9.17) is 18.6 Å². The number of benzene rings is 2. The van der Waals surface area contributed by atoms with E-state index in [9.17, 15) is 14.9 Å². The monoisotopic (exact) mass is 467 g/mol. The van der Waals surface area contributed by atoms with Crippen LogP contribution in [0.1, 0.15) is 36.9 Å². The minimum atomic E-state index is -0.469. The number of carbonyl (C=O) groups excluding carboxylic acids is 1. The normalized spacial score (nSPS) is 10.8. The van der Waals surface area contributed by atoms with Crippen LogP contribution in [-0.4, -0.2) is 36.9 Å². The summed E-state index contributed by atoms with van der Waals surface area (Å²) in [4.78, 5) is 23.0. The summed E-state index contributed by atoms with van der Waals surface area (Å²) in [7, 11) is 0. The van der Waals surface area contributed by atoms with Gasteiger partial charge in [0.1, 0.15) is 11.5 Å². The highest BCUT2D eigenvalue weighted by molar-refractivity contribution is 5.96. The Morgan fingerprint density at radius 1 is 1.00 bits per heavy atom. The number of ether oxygens (including phenoxy) is 3. The molecule has 0 saturated heterocycles. The Labute approximate surface area is 196 Å². The van der Waals surface area contributed by atoms with Crippen LogP contribution < -0.4 is 19.6 Å². The number of non-ortho nitro benzene ring substituents is 1. The molecule has 1 N–H and O–H groups in total. The molecule has 0 unspecified atom stereocenters. The lowest BCUT2D eigenvalue weighted by molar-refractivity contribution is -0.384. The number of nitro groups is 1. The maximum Gasteiger partial charge on any atom is 0.271 e. The first-order valence-electron chi connectivity index (χ1n) is 10.7. The molecule has 0 aliphatic heterocycles. The van der Waals surface area contributed by atoms with E-state index in [1.165, 1.54) is 18.3 Å². The highest BCUT2D eigenvalue weighted by Gasteiger charge is 2.18. The number of hydrogen-bond acceptors (Lipinski definition) is 8. The molecule has 3 aromatic rings. The molecule has 1 aromatic heterocycles. The standard InChI is InChI=1S/C24H25N3O7/c1-4-31-21-13-17(14-22(32-5-2)23(21)33-6-3)24(28)26-25-15-19-11-12-20(34-19)16-7-9-18(10-8-16)27(29)30/h7-15H,4-6H2,1-3H3,(H,26,28)/b25-15-. The summed E-state index contributed by atoms with van der Waals surface area (Å²) in [5.41, 5.74) is 3.41. The molecule has 178 valence electrons. The van der Waals surface area contributed by atoms with Gasteiger partial charge in [0, 0.05) is 23.3 Å². The van der Waals surface area contributed by atoms with Crippen LogP contribution in [0.2, 0.25) is 0 Å². The summed E-state index contributed by atoms with van der Waals surface area (Å²) in [6.07, 6.45) is 1.36. The average molecular weight is 467 g/mol. The minimum absolute atomic E-state index is 0.00548. The maximum absolute atomic E-state index is 12.7. The Bertz CT molecular complexity index is 1140. The molecular weight excluding hydrogens is 442 g/mol. The van der Waals surface area contributed by atoms with Gasteiger partial charge >= 0.3 is 0 Å². The number of nitro benzene ring substituents is 1. The topological polar surface area (TPSA) is 125 Å². The molecule has 0 radical (unpaired) electrons. The van der Waals surface area contributed by atoms with Gasteiger partial charge in [0.05, 0.1) is 31.0 Å². The van der Waals surface area contributed by atoms with Crippen LogP contribution in [0.5, 0.6) is 17.2 Å². The van der Waals surface area contributed by atoms with Crippen molar-refractivity contribution in [3.8, 4) is 28.6 Å². The van der Waals surface area contributed by atoms with Crippen molar-refractivity contribution < 1.29 is 28.3 Å². The highest BCUT2D eigenvalue weighted by Crippen LogP contribution is 2.39. The molecule has 0 aliphatic rings. The second kappa shape index (κ2) is 11.5. The molecule has 1 amide bonds. The first kappa shape index (κ1) is 24.3. The number of rotatable bonds is 11. The molecule has 34 heavy (non-hydrogen) atoms. The van der Waals surface area contributed by atoms with Gasteiger partial charge in [-0.25, -0.2) is 5.43 Å². The van der Waals surface area contributed by atoms with Crippen molar-refractivity contribution in [3.05, 3.63) is 70.0 Å². The van der Waals surface area contributed by atoms with Crippen LogP contribution in [0.4, 0.5) is 5.69 Å². The van der Waals surface area contributed by atoms with Crippen molar-refractivity contribution in [2.24, 2.45) is 5.10 Å². The fourth-order valence-electron chi connectivity index (χ4n) is 3.06. The van der Waals surface area contributed by atoms with Crippen molar-refractivity contribution in [1.29, 1.82) is 0 Å². The Hall–Kier alpha value is -4.34. The van der Waals surface area contributed by atoms with Crippen molar-refractivity contribution in [1.82, 2.24) is 5.43 Å². The first-order valence-corrected chi connectivity index (χ1v) is 10.7. The van der Waals surface area contributed by atoms with Crippen LogP contribution in [0.15, 0.2) is 58.0 Å². The molecule has 0 aliphatic carbocycles. The van der Waals surface area contributed by atoms with Crippen molar-refractivity contribution in [2.45, 2.75) is 20.8 Å². The van der Waals surface area contributed by atoms with E-state index in [-0.39, 0.29) is 5.69 Å². The van der Waals surface area contributed by atoms with Gasteiger partial charge in [0.2, 0.25) is 5.75 Å². The number of hydrazone groups is 1. The average Bonchev–Trinajstić information content (AvgIpc) is 3.30. The van der Waals surface area contributed by atoms with Gasteiger partial charge in [-0.1, -0.05) is 0 Å². The van der Waals surface area contributed by atoms with Crippen molar-refractivity contribution in [2.75, 3.05) is 19.8 Å². The molecule has 2 aromatic carbocycles. The minimum Gasteiger partial charge on any atom is -0.490 e. The van der Waals surface area contributed by atoms with E-state index >= 15 is 0 Å². The SMILES string of the molecule is CCOc1cc(C(=O)N/N=C\c2ccc(-c3ccc([N+](=O)[O-])cc3)o2)cc(OCC)c1OCC. The number of carbonyl (C=O) groups is 1. The van der Waals surface area contributed by atoms with Gasteiger partial charge in [-0.2, -0.15) is 5.10 Å². The molecule has 10 heteroatoms. The lowest BCUT2D eigenvalue weighted by Crippen LogP contribution is -2.18. The molecule has 0 bridgehead atoms. The number of furan rings is 1. The van der Waals surface area contributed by atoms with E-state index in [1.807, 2.05) is 20.8 Å². The van der Waals surface area contributed by atoms with Gasteiger partial charge < -0.3 is 18.6 Å². The Balaban J connectivity index is 1.72. The Morgan fingerprint density at radius 3 is 2.18 bits per heavy atom. The fraction of sp³-hybridized carbons (Fsp3) is 0.250. The highest BCUT2D eigenvalue weighted by atomic mass is 16.6. The maximum atomic E-state index is 12.7. The quantitative estimate of drug-likeness (QED) is 0.243. The number of amides is 1. The van der Waals surface area contributed by atoms with Crippen LogP contribution >= 0.6 is 0 Å². The molecule has 10 nitrogen and oxygen atoms in total. The second-order valence-corrected chi connectivity index (χ2v) is 6.81. The smallest absolute Gasteiger partial charge is 0.271 e. The van der Waals surface area contributed by atoms with Crippen molar-refractivity contribution >= 4 is 17.8 Å². The summed E-state index contributed by atoms with van der Waals surface area (Å²) in [6.45, 7) is 6.72. The third kappa shape index (κ3) is 5.91. The molecule has 0 spiro atoms. The zero-order valence-electron chi connectivity index (χ0n) is 19.1. The lowest BCUT2D eigenvalue weighted by atomic mass is 10.1. The van der Waals surface area contributed by atoms with E-state index in [2.05, 4.69) is 10.5 Å². The summed E-state index contributed by atoms with van der Waals surface area (Å²) < 4.78 is 22.6. The predicted molar refractivity (Wildman–Crippen MR) is 126 cm³/mol. The van der Waals surface area contributed by atoms with Crippen LogP contribution in [0.3, 0.4) is 0 Å². The molecule has 0 saturated carbocycles. The second-order valence-electron chi connectivity index (χ2n) is 6.81. The largest absolute Gasteiger partial charge is 0.490 e. The van der Waals surface area contributed by atoms with Gasteiger partial charge in [0.25, 0.3) is 11.6 Å². The Kier molecular flexibility index (Phi) is 8.22. The zero-order chi connectivity index (χ0) is 24.5. The summed E-state index contributed by atoms with van der Waals surface area (Å²) in [5, 5.41) is 14.7. The van der Waals surface area contributed by atoms with Crippen molar-refractivity contribution in [3.63, 3.8) is 0 Å². The zero-order valence-corrected chi connectivity index (χ0v) is 19.1.